The van der Waals surface area contributed by atoms with E-state index in [4.69, 9.17) is 11.6 Å². The Morgan fingerprint density at radius 1 is 1.41 bits per heavy atom. The maximum absolute atomic E-state index is 10.0. The van der Waals surface area contributed by atoms with Crippen LogP contribution in [0.1, 0.15) is 45.5 Å². The first kappa shape index (κ1) is 14.5. The highest BCUT2D eigenvalue weighted by Gasteiger charge is 2.23. The van der Waals surface area contributed by atoms with E-state index in [1.807, 2.05) is 39.4 Å². The molecule has 0 fully saturated rings. The van der Waals surface area contributed by atoms with E-state index in [1.165, 1.54) is 0 Å². The predicted molar refractivity (Wildman–Crippen MR) is 71.4 cm³/mol. The second kappa shape index (κ2) is 5.40. The zero-order valence-electron chi connectivity index (χ0n) is 11.4. The van der Waals surface area contributed by atoms with E-state index in [9.17, 15) is 5.11 Å². The third kappa shape index (κ3) is 3.46. The zero-order chi connectivity index (χ0) is 13.2. The smallest absolute Gasteiger partial charge is 0.0849 e. The van der Waals surface area contributed by atoms with Crippen molar-refractivity contribution in [1.29, 1.82) is 0 Å². The summed E-state index contributed by atoms with van der Waals surface area (Å²) in [5, 5.41) is 15.2. The number of aryl methyl sites for hydroxylation is 2. The largest absolute Gasteiger partial charge is 0.393 e. The molecule has 17 heavy (non-hydrogen) atoms. The van der Waals surface area contributed by atoms with Crippen molar-refractivity contribution in [3.63, 3.8) is 0 Å². The average Bonchev–Trinajstić information content (AvgIpc) is 2.49. The summed E-state index contributed by atoms with van der Waals surface area (Å²) in [6, 6.07) is 0. The van der Waals surface area contributed by atoms with Gasteiger partial charge in [0, 0.05) is 7.05 Å². The summed E-state index contributed by atoms with van der Waals surface area (Å²) in [6.07, 6.45) is 2.00. The molecule has 1 N–H and O–H groups in total. The van der Waals surface area contributed by atoms with Crippen molar-refractivity contribution in [1.82, 2.24) is 9.78 Å². The molecule has 4 heteroatoms. The Bertz CT molecular complexity index is 380. The van der Waals surface area contributed by atoms with Gasteiger partial charge in [0.05, 0.1) is 22.5 Å². The van der Waals surface area contributed by atoms with Gasteiger partial charge in [0.25, 0.3) is 0 Å². The quantitative estimate of drug-likeness (QED) is 0.902. The number of hydrogen-bond donors (Lipinski definition) is 1. The van der Waals surface area contributed by atoms with Crippen LogP contribution in [0.3, 0.4) is 0 Å². The minimum atomic E-state index is -0.321. The molecule has 98 valence electrons. The van der Waals surface area contributed by atoms with E-state index in [2.05, 4.69) is 5.10 Å². The Morgan fingerprint density at radius 3 is 2.41 bits per heavy atom. The van der Waals surface area contributed by atoms with E-state index in [1.54, 1.807) is 0 Å². The summed E-state index contributed by atoms with van der Waals surface area (Å²) >= 11 is 6.26. The topological polar surface area (TPSA) is 38.0 Å². The molecule has 0 amide bonds. The lowest BCUT2D eigenvalue weighted by atomic mass is 9.86. The molecular formula is C13H23ClN2O. The summed E-state index contributed by atoms with van der Waals surface area (Å²) in [5.74, 6) is 0. The molecule has 0 spiro atoms. The van der Waals surface area contributed by atoms with Gasteiger partial charge in [-0.2, -0.15) is 5.10 Å². The standard InChI is InChI=1S/C13H23ClN2O/c1-6-9-12(14)10(16(5)15-9)7-8-11(17)13(2,3)4/h11,17H,6-8H2,1-5H3. The van der Waals surface area contributed by atoms with E-state index < -0.39 is 0 Å². The first-order chi connectivity index (χ1) is 7.77. The van der Waals surface area contributed by atoms with Gasteiger partial charge < -0.3 is 5.11 Å². The number of rotatable bonds is 4. The van der Waals surface area contributed by atoms with Gasteiger partial charge in [-0.15, -0.1) is 0 Å². The molecule has 0 bridgehead atoms. The van der Waals surface area contributed by atoms with Gasteiger partial charge in [0.2, 0.25) is 0 Å². The Balaban J connectivity index is 2.73. The van der Waals surface area contributed by atoms with Gasteiger partial charge in [-0.05, 0) is 24.7 Å². The highest BCUT2D eigenvalue weighted by Crippen LogP contribution is 2.26. The minimum absolute atomic E-state index is 0.0847. The first-order valence-electron chi connectivity index (χ1n) is 6.15. The van der Waals surface area contributed by atoms with Crippen LogP contribution in [0.5, 0.6) is 0 Å². The van der Waals surface area contributed by atoms with Crippen LogP contribution >= 0.6 is 11.6 Å². The first-order valence-corrected chi connectivity index (χ1v) is 6.53. The Labute approximate surface area is 109 Å². The Hall–Kier alpha value is -0.540. The summed E-state index contributed by atoms with van der Waals surface area (Å²) in [7, 11) is 1.91. The molecule has 1 aromatic rings. The second-order valence-electron chi connectivity index (χ2n) is 5.61. The number of aromatic nitrogens is 2. The zero-order valence-corrected chi connectivity index (χ0v) is 12.2. The molecule has 0 aliphatic heterocycles. The van der Waals surface area contributed by atoms with Crippen LogP contribution < -0.4 is 0 Å². The fourth-order valence-corrected chi connectivity index (χ4v) is 2.19. The molecular weight excluding hydrogens is 236 g/mol. The molecule has 1 aromatic heterocycles. The fourth-order valence-electron chi connectivity index (χ4n) is 1.80. The third-order valence-electron chi connectivity index (χ3n) is 3.16. The van der Waals surface area contributed by atoms with Crippen molar-refractivity contribution in [2.45, 2.75) is 53.1 Å². The summed E-state index contributed by atoms with van der Waals surface area (Å²) in [6.45, 7) is 8.17. The molecule has 1 unspecified atom stereocenters. The number of aliphatic hydroxyl groups is 1. The molecule has 1 rings (SSSR count). The van der Waals surface area contributed by atoms with Crippen LogP contribution in [0.2, 0.25) is 5.02 Å². The van der Waals surface area contributed by atoms with Crippen LogP contribution in [0.4, 0.5) is 0 Å². The number of nitrogens with zero attached hydrogens (tertiary/aromatic N) is 2. The van der Waals surface area contributed by atoms with Crippen molar-refractivity contribution in [2.24, 2.45) is 12.5 Å². The molecule has 0 saturated carbocycles. The number of halogens is 1. The second-order valence-corrected chi connectivity index (χ2v) is 5.98. The predicted octanol–water partition coefficient (Wildman–Crippen LogP) is 2.98. The average molecular weight is 259 g/mol. The van der Waals surface area contributed by atoms with Gasteiger partial charge in [0.1, 0.15) is 0 Å². The molecule has 0 aliphatic rings. The lowest BCUT2D eigenvalue weighted by Crippen LogP contribution is -2.26. The van der Waals surface area contributed by atoms with Gasteiger partial charge >= 0.3 is 0 Å². The minimum Gasteiger partial charge on any atom is -0.393 e. The number of hydrogen-bond acceptors (Lipinski definition) is 2. The Kier molecular flexibility index (Phi) is 4.62. The van der Waals surface area contributed by atoms with Crippen molar-refractivity contribution in [3.05, 3.63) is 16.4 Å². The highest BCUT2D eigenvalue weighted by atomic mass is 35.5. The van der Waals surface area contributed by atoms with E-state index in [-0.39, 0.29) is 11.5 Å². The molecule has 0 saturated heterocycles. The van der Waals surface area contributed by atoms with Crippen molar-refractivity contribution >= 4 is 11.6 Å². The molecule has 0 radical (unpaired) electrons. The Morgan fingerprint density at radius 2 is 2.00 bits per heavy atom. The number of aliphatic hydroxyl groups excluding tert-OH is 1. The summed E-state index contributed by atoms with van der Waals surface area (Å²) in [5.41, 5.74) is 1.87. The summed E-state index contributed by atoms with van der Waals surface area (Å²) < 4.78 is 1.83. The molecule has 0 aromatic carbocycles. The van der Waals surface area contributed by atoms with E-state index in [0.717, 1.165) is 29.3 Å². The van der Waals surface area contributed by atoms with Gasteiger partial charge in [-0.3, -0.25) is 4.68 Å². The fraction of sp³-hybridized carbons (Fsp3) is 0.769. The van der Waals surface area contributed by atoms with Crippen LogP contribution in [-0.2, 0) is 19.9 Å². The van der Waals surface area contributed by atoms with Crippen LogP contribution in [0.25, 0.3) is 0 Å². The highest BCUT2D eigenvalue weighted by molar-refractivity contribution is 6.31. The van der Waals surface area contributed by atoms with E-state index >= 15 is 0 Å². The van der Waals surface area contributed by atoms with Crippen LogP contribution in [0, 0.1) is 5.41 Å². The molecule has 0 aliphatic carbocycles. The third-order valence-corrected chi connectivity index (χ3v) is 3.59. The molecule has 3 nitrogen and oxygen atoms in total. The monoisotopic (exact) mass is 258 g/mol. The van der Waals surface area contributed by atoms with Crippen LogP contribution in [-0.4, -0.2) is 21.0 Å². The molecule has 1 heterocycles. The van der Waals surface area contributed by atoms with Gasteiger partial charge in [-0.1, -0.05) is 39.3 Å². The lowest BCUT2D eigenvalue weighted by molar-refractivity contribution is 0.0556. The SMILES string of the molecule is CCc1nn(C)c(CCC(O)C(C)(C)C)c1Cl. The van der Waals surface area contributed by atoms with E-state index in [0.29, 0.717) is 6.42 Å². The van der Waals surface area contributed by atoms with Crippen molar-refractivity contribution in [3.8, 4) is 0 Å². The normalized spacial score (nSPS) is 14.1. The summed E-state index contributed by atoms with van der Waals surface area (Å²) in [4.78, 5) is 0. The van der Waals surface area contributed by atoms with Gasteiger partial charge in [-0.25, -0.2) is 0 Å². The van der Waals surface area contributed by atoms with Crippen molar-refractivity contribution in [2.75, 3.05) is 0 Å². The van der Waals surface area contributed by atoms with Crippen LogP contribution in [0.15, 0.2) is 0 Å². The molecule has 1 atom stereocenters. The lowest BCUT2D eigenvalue weighted by Gasteiger charge is -2.25. The van der Waals surface area contributed by atoms with Crippen molar-refractivity contribution < 1.29 is 5.11 Å². The maximum atomic E-state index is 10.0. The van der Waals surface area contributed by atoms with Gasteiger partial charge in [0.15, 0.2) is 0 Å². The maximum Gasteiger partial charge on any atom is 0.0849 e.